The van der Waals surface area contributed by atoms with Crippen LogP contribution in [0.25, 0.3) is 0 Å². The Hall–Kier alpha value is -2.57. The van der Waals surface area contributed by atoms with Crippen molar-refractivity contribution in [2.24, 2.45) is 5.73 Å². The molecule has 0 unspecified atom stereocenters. The average Bonchev–Trinajstić information content (AvgIpc) is 2.55. The molecule has 1 aromatic carbocycles. The number of nitrogens with one attached hydrogen (secondary N) is 1. The summed E-state index contributed by atoms with van der Waals surface area (Å²) in [5, 5.41) is 7.94. The van der Waals surface area contributed by atoms with Gasteiger partial charge in [0.2, 0.25) is 5.96 Å². The molecular formula is C18H28N4O3. The van der Waals surface area contributed by atoms with E-state index in [1.165, 1.54) is 11.8 Å². The van der Waals surface area contributed by atoms with Crippen molar-refractivity contribution in [1.29, 1.82) is 5.41 Å². The summed E-state index contributed by atoms with van der Waals surface area (Å²) in [4.78, 5) is 27.0. The number of nitrogens with two attached hydrogens (primary N) is 1. The maximum Gasteiger partial charge on any atom is 0.331 e. The molecule has 0 radical (unpaired) electrons. The summed E-state index contributed by atoms with van der Waals surface area (Å²) in [6, 6.07) is 3.12. The van der Waals surface area contributed by atoms with E-state index in [9.17, 15) is 9.59 Å². The highest BCUT2D eigenvalue weighted by Crippen LogP contribution is 2.32. The molecule has 0 aromatic heterocycles. The number of urea groups is 1. The molecule has 0 aliphatic heterocycles. The van der Waals surface area contributed by atoms with Crippen LogP contribution in [0.3, 0.4) is 0 Å². The van der Waals surface area contributed by atoms with Crippen molar-refractivity contribution < 1.29 is 14.3 Å². The standard InChI is InChI=1S/C18H28N4O3/c1-6-13-10-15(25-12(5)23)11-14(7-2)16(13)22(17(19)20)18(24)21(8-3)9-4/h10-11H,6-9H2,1-5H3,(H3,19,20). The van der Waals surface area contributed by atoms with Gasteiger partial charge in [-0.05, 0) is 49.9 Å². The molecule has 0 spiro atoms. The molecule has 7 nitrogen and oxygen atoms in total. The van der Waals surface area contributed by atoms with Crippen molar-refractivity contribution >= 4 is 23.6 Å². The zero-order valence-electron chi connectivity index (χ0n) is 15.7. The molecule has 1 rings (SSSR count). The number of anilines is 1. The highest BCUT2D eigenvalue weighted by atomic mass is 16.5. The summed E-state index contributed by atoms with van der Waals surface area (Å²) in [5.74, 6) is -0.301. The number of nitrogens with zero attached hydrogens (tertiary/aromatic N) is 2. The Labute approximate surface area is 149 Å². The van der Waals surface area contributed by atoms with Crippen LogP contribution in [0.15, 0.2) is 12.1 Å². The second kappa shape index (κ2) is 9.05. The van der Waals surface area contributed by atoms with Gasteiger partial charge in [0.1, 0.15) is 5.75 Å². The molecule has 0 aliphatic carbocycles. The molecule has 25 heavy (non-hydrogen) atoms. The van der Waals surface area contributed by atoms with Crippen molar-refractivity contribution in [3.8, 4) is 5.75 Å². The van der Waals surface area contributed by atoms with Gasteiger partial charge in [0.15, 0.2) is 0 Å². The summed E-state index contributed by atoms with van der Waals surface area (Å²) in [5.41, 5.74) is 7.96. The molecule has 2 amide bonds. The number of amides is 2. The minimum Gasteiger partial charge on any atom is -0.427 e. The fourth-order valence-corrected chi connectivity index (χ4v) is 2.73. The molecule has 0 fully saturated rings. The Bertz CT molecular complexity index is 629. The summed E-state index contributed by atoms with van der Waals surface area (Å²) in [7, 11) is 0. The average molecular weight is 348 g/mol. The maximum atomic E-state index is 12.9. The summed E-state index contributed by atoms with van der Waals surface area (Å²) < 4.78 is 5.21. The van der Waals surface area contributed by atoms with Crippen molar-refractivity contribution in [3.05, 3.63) is 23.3 Å². The van der Waals surface area contributed by atoms with E-state index in [0.29, 0.717) is 37.4 Å². The monoisotopic (exact) mass is 348 g/mol. The molecule has 0 atom stereocenters. The van der Waals surface area contributed by atoms with Crippen LogP contribution >= 0.6 is 0 Å². The number of hydrogen-bond acceptors (Lipinski definition) is 4. The lowest BCUT2D eigenvalue weighted by molar-refractivity contribution is -0.131. The molecule has 138 valence electrons. The van der Waals surface area contributed by atoms with Crippen LogP contribution in [-0.2, 0) is 17.6 Å². The molecule has 0 saturated carbocycles. The molecule has 1 aromatic rings. The molecule has 0 bridgehead atoms. The summed E-state index contributed by atoms with van der Waals surface area (Å²) in [6.45, 7) is 10.0. The van der Waals surface area contributed by atoms with Gasteiger partial charge in [-0.1, -0.05) is 13.8 Å². The zero-order valence-corrected chi connectivity index (χ0v) is 15.7. The third-order valence-corrected chi connectivity index (χ3v) is 3.95. The molecule has 0 aliphatic rings. The van der Waals surface area contributed by atoms with E-state index in [2.05, 4.69) is 0 Å². The first-order chi connectivity index (χ1) is 11.8. The lowest BCUT2D eigenvalue weighted by atomic mass is 10.0. The van der Waals surface area contributed by atoms with E-state index in [1.807, 2.05) is 27.7 Å². The summed E-state index contributed by atoms with van der Waals surface area (Å²) >= 11 is 0. The van der Waals surface area contributed by atoms with Gasteiger partial charge in [-0.2, -0.15) is 0 Å². The molecule has 0 heterocycles. The number of benzene rings is 1. The number of guanidine groups is 1. The number of aryl methyl sites for hydroxylation is 2. The van der Waals surface area contributed by atoms with E-state index in [4.69, 9.17) is 15.9 Å². The number of ether oxygens (including phenoxy) is 1. The molecule has 0 saturated heterocycles. The van der Waals surface area contributed by atoms with Gasteiger partial charge in [-0.3, -0.25) is 10.2 Å². The van der Waals surface area contributed by atoms with Gasteiger partial charge in [-0.15, -0.1) is 0 Å². The second-order valence-electron chi connectivity index (χ2n) is 5.57. The first kappa shape index (κ1) is 20.5. The second-order valence-corrected chi connectivity index (χ2v) is 5.57. The first-order valence-electron chi connectivity index (χ1n) is 8.57. The van der Waals surface area contributed by atoms with Crippen molar-refractivity contribution in [1.82, 2.24) is 4.90 Å². The molecular weight excluding hydrogens is 320 g/mol. The van der Waals surface area contributed by atoms with Crippen LogP contribution in [0.1, 0.15) is 45.7 Å². The van der Waals surface area contributed by atoms with E-state index in [0.717, 1.165) is 11.1 Å². The molecule has 3 N–H and O–H groups in total. The number of esters is 1. The van der Waals surface area contributed by atoms with E-state index in [-0.39, 0.29) is 12.0 Å². The largest absolute Gasteiger partial charge is 0.427 e. The highest BCUT2D eigenvalue weighted by molar-refractivity contribution is 6.14. The smallest absolute Gasteiger partial charge is 0.331 e. The third-order valence-electron chi connectivity index (χ3n) is 3.95. The normalized spacial score (nSPS) is 10.3. The number of carbonyl (C=O) groups is 2. The fourth-order valence-electron chi connectivity index (χ4n) is 2.73. The van der Waals surface area contributed by atoms with Gasteiger partial charge in [0.25, 0.3) is 0 Å². The van der Waals surface area contributed by atoms with Crippen LogP contribution in [0.4, 0.5) is 10.5 Å². The van der Waals surface area contributed by atoms with Crippen LogP contribution in [0.5, 0.6) is 5.75 Å². The Morgan fingerprint density at radius 1 is 1.08 bits per heavy atom. The lowest BCUT2D eigenvalue weighted by Crippen LogP contribution is -2.49. The quantitative estimate of drug-likeness (QED) is 0.357. The van der Waals surface area contributed by atoms with Gasteiger partial charge < -0.3 is 15.4 Å². The number of rotatable bonds is 6. The van der Waals surface area contributed by atoms with Gasteiger partial charge in [-0.25, -0.2) is 9.69 Å². The Kier molecular flexibility index (Phi) is 7.42. The van der Waals surface area contributed by atoms with Crippen LogP contribution in [-0.4, -0.2) is 35.9 Å². The van der Waals surface area contributed by atoms with Crippen molar-refractivity contribution in [2.45, 2.75) is 47.5 Å². The predicted molar refractivity (Wildman–Crippen MR) is 99.2 cm³/mol. The minimum absolute atomic E-state index is 0.331. The van der Waals surface area contributed by atoms with E-state index < -0.39 is 5.97 Å². The predicted octanol–water partition coefficient (Wildman–Crippen LogP) is 2.90. The Morgan fingerprint density at radius 2 is 1.56 bits per heavy atom. The SMILES string of the molecule is CCc1cc(OC(C)=O)cc(CC)c1N(C(=N)N)C(=O)N(CC)CC. The van der Waals surface area contributed by atoms with Gasteiger partial charge in [0, 0.05) is 20.0 Å². The van der Waals surface area contributed by atoms with E-state index >= 15 is 0 Å². The van der Waals surface area contributed by atoms with Crippen LogP contribution in [0.2, 0.25) is 0 Å². The minimum atomic E-state index is -0.403. The fraction of sp³-hybridized carbons (Fsp3) is 0.500. The highest BCUT2D eigenvalue weighted by Gasteiger charge is 2.27. The van der Waals surface area contributed by atoms with Gasteiger partial charge >= 0.3 is 12.0 Å². The molecule has 7 heteroatoms. The zero-order chi connectivity index (χ0) is 19.1. The van der Waals surface area contributed by atoms with E-state index in [1.54, 1.807) is 17.0 Å². The van der Waals surface area contributed by atoms with Crippen LogP contribution in [0, 0.1) is 5.41 Å². The van der Waals surface area contributed by atoms with Gasteiger partial charge in [0.05, 0.1) is 5.69 Å². The van der Waals surface area contributed by atoms with Crippen molar-refractivity contribution in [2.75, 3.05) is 18.0 Å². The third kappa shape index (κ3) is 4.71. The maximum absolute atomic E-state index is 12.9. The summed E-state index contributed by atoms with van der Waals surface area (Å²) in [6.07, 6.45) is 1.21. The topological polar surface area (TPSA) is 99.7 Å². The first-order valence-corrected chi connectivity index (χ1v) is 8.57. The number of hydrogen-bond donors (Lipinski definition) is 2. The number of carbonyl (C=O) groups excluding carboxylic acids is 2. The lowest BCUT2D eigenvalue weighted by Gasteiger charge is -2.31. The Morgan fingerprint density at radius 3 is 1.88 bits per heavy atom. The van der Waals surface area contributed by atoms with Crippen LogP contribution < -0.4 is 15.4 Å². The Balaban J connectivity index is 3.55. The van der Waals surface area contributed by atoms with Crippen molar-refractivity contribution in [3.63, 3.8) is 0 Å².